The van der Waals surface area contributed by atoms with Gasteiger partial charge in [0.15, 0.2) is 5.66 Å². The van der Waals surface area contributed by atoms with Gasteiger partial charge in [0.05, 0.1) is 10.3 Å². The number of benzene rings is 1. The molecule has 0 fully saturated rings. The monoisotopic (exact) mass is 458 g/mol. The Labute approximate surface area is 172 Å². The molecule has 148 valence electrons. The average molecular weight is 459 g/mol. The fourth-order valence-corrected chi connectivity index (χ4v) is 4.83. The summed E-state index contributed by atoms with van der Waals surface area (Å²) in [4.78, 5) is 7.34. The van der Waals surface area contributed by atoms with Crippen molar-refractivity contribution in [1.29, 1.82) is 0 Å². The summed E-state index contributed by atoms with van der Waals surface area (Å²) in [5.41, 5.74) is -1.29. The lowest BCUT2D eigenvalue weighted by atomic mass is 9.88. The first-order valence-electron chi connectivity index (χ1n) is 7.61. The molecule has 1 aliphatic rings. The molecule has 2 rings (SSSR count). The molecule has 1 aliphatic carbocycles. The van der Waals surface area contributed by atoms with Gasteiger partial charge in [0.2, 0.25) is 0 Å². The number of hydrogen-bond acceptors (Lipinski definition) is 8. The van der Waals surface area contributed by atoms with Gasteiger partial charge in [-0.05, 0) is 42.1 Å². The lowest BCUT2D eigenvalue weighted by Gasteiger charge is -2.31. The number of isothiocyanates is 2. The molecular formula is C16H14N2O6S4. The van der Waals surface area contributed by atoms with Crippen molar-refractivity contribution in [2.45, 2.75) is 22.2 Å². The Kier molecular flexibility index (Phi) is 6.92. The second-order valence-corrected chi connectivity index (χ2v) is 9.24. The SMILES string of the molecule is O=S(=O)(O)c1ccccc1C=CC1C=CC(N=C=S)(N=C=S)CC1S(=O)(=O)O. The van der Waals surface area contributed by atoms with Gasteiger partial charge < -0.3 is 0 Å². The van der Waals surface area contributed by atoms with Crippen LogP contribution in [0.3, 0.4) is 0 Å². The van der Waals surface area contributed by atoms with Gasteiger partial charge in [-0.1, -0.05) is 36.4 Å². The molecule has 1 aromatic rings. The second-order valence-electron chi connectivity index (χ2n) is 5.85. The molecule has 8 nitrogen and oxygen atoms in total. The highest BCUT2D eigenvalue weighted by molar-refractivity contribution is 7.86. The zero-order valence-electron chi connectivity index (χ0n) is 14.0. The first kappa shape index (κ1) is 22.4. The van der Waals surface area contributed by atoms with Gasteiger partial charge in [-0.2, -0.15) is 26.8 Å². The normalized spacial score (nSPS) is 25.1. The summed E-state index contributed by atoms with van der Waals surface area (Å²) in [5, 5.41) is 2.88. The summed E-state index contributed by atoms with van der Waals surface area (Å²) in [6.45, 7) is 0. The van der Waals surface area contributed by atoms with Crippen molar-refractivity contribution in [3.05, 3.63) is 48.1 Å². The molecule has 0 aliphatic heterocycles. The van der Waals surface area contributed by atoms with E-state index in [0.29, 0.717) is 0 Å². The van der Waals surface area contributed by atoms with Gasteiger partial charge in [-0.25, -0.2) is 0 Å². The van der Waals surface area contributed by atoms with Crippen LogP contribution in [0.25, 0.3) is 6.08 Å². The van der Waals surface area contributed by atoms with Crippen molar-refractivity contribution in [3.63, 3.8) is 0 Å². The first-order valence-corrected chi connectivity index (χ1v) is 11.4. The zero-order valence-corrected chi connectivity index (χ0v) is 17.3. The molecule has 28 heavy (non-hydrogen) atoms. The van der Waals surface area contributed by atoms with E-state index >= 15 is 0 Å². The van der Waals surface area contributed by atoms with Gasteiger partial charge in [0, 0.05) is 12.3 Å². The number of allylic oxidation sites excluding steroid dienone is 2. The molecule has 0 radical (unpaired) electrons. The fraction of sp³-hybridized carbons (Fsp3) is 0.250. The van der Waals surface area contributed by atoms with Crippen LogP contribution in [0.15, 0.2) is 57.4 Å². The Hall–Kier alpha value is -1.88. The van der Waals surface area contributed by atoms with Crippen molar-refractivity contribution < 1.29 is 25.9 Å². The zero-order chi connectivity index (χ0) is 21.0. The standard InChI is InChI=1S/C16H14N2O6S4/c19-27(20,21)14-4-2-1-3-12(14)5-6-13-7-8-16(17-10-25,18-11-26)9-15(13)28(22,23)24/h1-8,13,15H,9H2,(H,19,20,21)(H,22,23,24). The molecule has 0 saturated heterocycles. The highest BCUT2D eigenvalue weighted by atomic mass is 32.2. The fourth-order valence-electron chi connectivity index (χ4n) is 2.80. The molecule has 2 atom stereocenters. The van der Waals surface area contributed by atoms with E-state index in [1.807, 2.05) is 0 Å². The summed E-state index contributed by atoms with van der Waals surface area (Å²) < 4.78 is 65.7. The molecule has 0 bridgehead atoms. The summed E-state index contributed by atoms with van der Waals surface area (Å²) in [5.74, 6) is -0.835. The van der Waals surface area contributed by atoms with Crippen LogP contribution in [-0.4, -0.2) is 47.2 Å². The van der Waals surface area contributed by atoms with Crippen LogP contribution in [0.1, 0.15) is 12.0 Å². The van der Waals surface area contributed by atoms with E-state index in [1.165, 1.54) is 42.5 Å². The van der Waals surface area contributed by atoms with Crippen LogP contribution >= 0.6 is 24.4 Å². The minimum absolute atomic E-state index is 0.151. The number of rotatable bonds is 6. The van der Waals surface area contributed by atoms with Crippen molar-refractivity contribution in [2.24, 2.45) is 15.9 Å². The predicted octanol–water partition coefficient (Wildman–Crippen LogP) is 2.68. The minimum Gasteiger partial charge on any atom is -0.285 e. The van der Waals surface area contributed by atoms with Gasteiger partial charge in [-0.15, -0.1) is 0 Å². The molecule has 1 aromatic carbocycles. The summed E-state index contributed by atoms with van der Waals surface area (Å²) in [7, 11) is -9.01. The van der Waals surface area contributed by atoms with E-state index in [0.717, 1.165) is 0 Å². The van der Waals surface area contributed by atoms with Gasteiger partial charge in [-0.3, -0.25) is 9.11 Å². The maximum atomic E-state index is 11.9. The lowest BCUT2D eigenvalue weighted by Crippen LogP contribution is -2.39. The molecule has 0 heterocycles. The Morgan fingerprint density at radius 2 is 1.71 bits per heavy atom. The van der Waals surface area contributed by atoms with E-state index in [9.17, 15) is 25.9 Å². The third kappa shape index (κ3) is 5.34. The molecule has 0 aromatic heterocycles. The van der Waals surface area contributed by atoms with E-state index in [1.54, 1.807) is 6.07 Å². The topological polar surface area (TPSA) is 133 Å². The van der Waals surface area contributed by atoms with Gasteiger partial charge >= 0.3 is 0 Å². The summed E-state index contributed by atoms with van der Waals surface area (Å²) >= 11 is 9.13. The van der Waals surface area contributed by atoms with Crippen LogP contribution in [-0.2, 0) is 20.2 Å². The Morgan fingerprint density at radius 3 is 2.25 bits per heavy atom. The molecule has 0 spiro atoms. The largest absolute Gasteiger partial charge is 0.295 e. The molecular weight excluding hydrogens is 444 g/mol. The van der Waals surface area contributed by atoms with Crippen molar-refractivity contribution in [3.8, 4) is 0 Å². The highest BCUT2D eigenvalue weighted by Crippen LogP contribution is 2.35. The first-order chi connectivity index (χ1) is 13.0. The summed E-state index contributed by atoms with van der Waals surface area (Å²) in [6, 6.07) is 5.63. The van der Waals surface area contributed by atoms with Crippen molar-refractivity contribution >= 4 is 61.1 Å². The maximum absolute atomic E-state index is 11.9. The molecule has 0 amide bonds. The van der Waals surface area contributed by atoms with E-state index in [2.05, 4.69) is 44.7 Å². The third-order valence-electron chi connectivity index (χ3n) is 4.07. The number of thiocarbonyl (C=S) groups is 2. The van der Waals surface area contributed by atoms with Crippen LogP contribution in [0.2, 0.25) is 0 Å². The van der Waals surface area contributed by atoms with Crippen LogP contribution in [0.4, 0.5) is 0 Å². The summed E-state index contributed by atoms with van der Waals surface area (Å²) in [6.07, 6.45) is 5.35. The van der Waals surface area contributed by atoms with Crippen LogP contribution in [0.5, 0.6) is 0 Å². The maximum Gasteiger partial charge on any atom is 0.295 e. The number of nitrogens with zero attached hydrogens (tertiary/aromatic N) is 2. The molecule has 12 heteroatoms. The quantitative estimate of drug-likeness (QED) is 0.288. The molecule has 2 unspecified atom stereocenters. The van der Waals surface area contributed by atoms with Gasteiger partial charge in [0.1, 0.15) is 10.1 Å². The van der Waals surface area contributed by atoms with Crippen molar-refractivity contribution in [1.82, 2.24) is 0 Å². The lowest BCUT2D eigenvalue weighted by molar-refractivity contribution is 0.402. The van der Waals surface area contributed by atoms with E-state index in [4.69, 9.17) is 0 Å². The highest BCUT2D eigenvalue weighted by Gasteiger charge is 2.42. The minimum atomic E-state index is -4.54. The van der Waals surface area contributed by atoms with Crippen molar-refractivity contribution in [2.75, 3.05) is 0 Å². The van der Waals surface area contributed by atoms with E-state index < -0.39 is 37.1 Å². The average Bonchev–Trinajstić information content (AvgIpc) is 2.60. The number of aliphatic imine (C=N–C) groups is 2. The predicted molar refractivity (Wildman–Crippen MR) is 111 cm³/mol. The second kappa shape index (κ2) is 8.64. The Bertz CT molecular complexity index is 1110. The number of hydrogen-bond donors (Lipinski definition) is 2. The van der Waals surface area contributed by atoms with E-state index in [-0.39, 0.29) is 16.9 Å². The van der Waals surface area contributed by atoms with Crippen LogP contribution < -0.4 is 0 Å². The Morgan fingerprint density at radius 1 is 1.11 bits per heavy atom. The molecule has 0 saturated carbocycles. The van der Waals surface area contributed by atoms with Crippen LogP contribution in [0, 0.1) is 5.92 Å². The Balaban J connectivity index is 2.52. The van der Waals surface area contributed by atoms with Gasteiger partial charge in [0.25, 0.3) is 20.2 Å². The molecule has 2 N–H and O–H groups in total. The third-order valence-corrected chi connectivity index (χ3v) is 6.43. The smallest absolute Gasteiger partial charge is 0.285 e.